The molecule has 2 N–H and O–H groups in total. The number of hydrogen-bond acceptors (Lipinski definition) is 6. The minimum absolute atomic E-state index is 0.112. The first-order chi connectivity index (χ1) is 14.2. The van der Waals surface area contributed by atoms with Crippen molar-refractivity contribution in [2.75, 3.05) is 56.8 Å². The number of amides is 1. The van der Waals surface area contributed by atoms with E-state index in [2.05, 4.69) is 10.6 Å². The first-order valence-corrected chi connectivity index (χ1v) is 9.86. The molecular formula is C22H30N2O5. The first-order valence-electron chi connectivity index (χ1n) is 9.86. The lowest BCUT2D eigenvalue weighted by Crippen LogP contribution is -2.22. The normalized spacial score (nSPS) is 10.4. The summed E-state index contributed by atoms with van der Waals surface area (Å²) in [5, 5.41) is 5.97. The molecule has 158 valence electrons. The van der Waals surface area contributed by atoms with Gasteiger partial charge in [0.05, 0.1) is 25.4 Å². The van der Waals surface area contributed by atoms with Gasteiger partial charge in [-0.25, -0.2) is 0 Å². The molecule has 7 nitrogen and oxygen atoms in total. The third kappa shape index (κ3) is 8.85. The fraction of sp³-hybridized carbons (Fsp3) is 0.409. The second-order valence-corrected chi connectivity index (χ2v) is 6.02. The highest BCUT2D eigenvalue weighted by Gasteiger charge is 2.07. The fourth-order valence-electron chi connectivity index (χ4n) is 2.50. The summed E-state index contributed by atoms with van der Waals surface area (Å²) in [6, 6.07) is 14.8. The number of rotatable bonds is 14. The maximum atomic E-state index is 12.3. The number of benzene rings is 2. The smallest absolute Gasteiger partial charge is 0.243 e. The lowest BCUT2D eigenvalue weighted by Gasteiger charge is -2.13. The van der Waals surface area contributed by atoms with Gasteiger partial charge in [-0.2, -0.15) is 0 Å². The Bertz CT molecular complexity index is 739. The number of anilines is 2. The van der Waals surface area contributed by atoms with E-state index in [9.17, 15) is 4.79 Å². The second-order valence-electron chi connectivity index (χ2n) is 6.02. The average Bonchev–Trinajstić information content (AvgIpc) is 2.74. The predicted molar refractivity (Wildman–Crippen MR) is 114 cm³/mol. The highest BCUT2D eigenvalue weighted by atomic mass is 16.5. The number of carbonyl (C=O) groups is 1. The summed E-state index contributed by atoms with van der Waals surface area (Å²) in [6.07, 6.45) is 0. The molecule has 0 spiro atoms. The number of ether oxygens (including phenoxy) is 4. The summed E-state index contributed by atoms with van der Waals surface area (Å²) in [4.78, 5) is 12.3. The third-order valence-corrected chi connectivity index (χ3v) is 3.83. The average molecular weight is 402 g/mol. The SMILES string of the molecule is CCOCCOc1cccc(NC(=O)CNc2ccccc2OCCOCC)c1. The van der Waals surface area contributed by atoms with E-state index in [1.54, 1.807) is 6.07 Å². The van der Waals surface area contributed by atoms with E-state index < -0.39 is 0 Å². The summed E-state index contributed by atoms with van der Waals surface area (Å²) in [6.45, 7) is 7.28. The van der Waals surface area contributed by atoms with Crippen molar-refractivity contribution in [2.24, 2.45) is 0 Å². The van der Waals surface area contributed by atoms with Gasteiger partial charge in [0.2, 0.25) is 5.91 Å². The molecule has 0 bridgehead atoms. The van der Waals surface area contributed by atoms with Crippen LogP contribution in [0, 0.1) is 0 Å². The molecule has 0 aromatic heterocycles. The largest absolute Gasteiger partial charge is 0.491 e. The van der Waals surface area contributed by atoms with Crippen LogP contribution < -0.4 is 20.1 Å². The standard InChI is InChI=1S/C22H30N2O5/c1-3-26-12-14-28-19-9-7-8-18(16-19)24-22(25)17-23-20-10-5-6-11-21(20)29-15-13-27-4-2/h5-11,16,23H,3-4,12-15,17H2,1-2H3,(H,24,25). The predicted octanol–water partition coefficient (Wildman–Crippen LogP) is 3.57. The van der Waals surface area contributed by atoms with Crippen LogP contribution in [-0.2, 0) is 14.3 Å². The quantitative estimate of drug-likeness (QED) is 0.471. The van der Waals surface area contributed by atoms with Crippen molar-refractivity contribution in [3.05, 3.63) is 48.5 Å². The maximum Gasteiger partial charge on any atom is 0.243 e. The molecule has 0 saturated carbocycles. The Balaban J connectivity index is 1.81. The van der Waals surface area contributed by atoms with Crippen molar-refractivity contribution in [3.63, 3.8) is 0 Å². The van der Waals surface area contributed by atoms with Gasteiger partial charge in [0.25, 0.3) is 0 Å². The summed E-state index contributed by atoms with van der Waals surface area (Å²) < 4.78 is 21.9. The fourth-order valence-corrected chi connectivity index (χ4v) is 2.50. The zero-order valence-electron chi connectivity index (χ0n) is 17.1. The van der Waals surface area contributed by atoms with Crippen LogP contribution in [0.4, 0.5) is 11.4 Å². The van der Waals surface area contributed by atoms with Crippen LogP contribution in [0.1, 0.15) is 13.8 Å². The highest BCUT2D eigenvalue weighted by molar-refractivity contribution is 5.94. The van der Waals surface area contributed by atoms with E-state index in [4.69, 9.17) is 18.9 Å². The van der Waals surface area contributed by atoms with Crippen molar-refractivity contribution < 1.29 is 23.7 Å². The van der Waals surface area contributed by atoms with Gasteiger partial charge in [-0.3, -0.25) is 4.79 Å². The Labute approximate surface area is 172 Å². The molecule has 0 radical (unpaired) electrons. The summed E-state index contributed by atoms with van der Waals surface area (Å²) in [7, 11) is 0. The van der Waals surface area contributed by atoms with Gasteiger partial charge >= 0.3 is 0 Å². The molecule has 7 heteroatoms. The zero-order valence-corrected chi connectivity index (χ0v) is 17.1. The maximum absolute atomic E-state index is 12.3. The van der Waals surface area contributed by atoms with Crippen molar-refractivity contribution in [2.45, 2.75) is 13.8 Å². The lowest BCUT2D eigenvalue weighted by molar-refractivity contribution is -0.114. The van der Waals surface area contributed by atoms with Crippen LogP contribution in [0.25, 0.3) is 0 Å². The molecule has 0 fully saturated rings. The first kappa shape index (κ1) is 22.5. The molecule has 0 atom stereocenters. The molecule has 1 amide bonds. The Morgan fingerprint density at radius 2 is 1.59 bits per heavy atom. The minimum atomic E-state index is -0.166. The van der Waals surface area contributed by atoms with Crippen LogP contribution >= 0.6 is 0 Å². The van der Waals surface area contributed by atoms with Crippen molar-refractivity contribution in [3.8, 4) is 11.5 Å². The Kier molecular flexibility index (Phi) is 10.4. The van der Waals surface area contributed by atoms with E-state index in [1.807, 2.05) is 56.3 Å². The van der Waals surface area contributed by atoms with E-state index in [-0.39, 0.29) is 12.5 Å². The molecule has 0 saturated heterocycles. The highest BCUT2D eigenvalue weighted by Crippen LogP contribution is 2.23. The van der Waals surface area contributed by atoms with Crippen LogP contribution in [0.2, 0.25) is 0 Å². The molecule has 2 aromatic rings. The topological polar surface area (TPSA) is 78.1 Å². The molecule has 0 heterocycles. The van der Waals surface area contributed by atoms with Gasteiger partial charge in [-0.1, -0.05) is 18.2 Å². The summed E-state index contributed by atoms with van der Waals surface area (Å²) in [5.74, 6) is 1.20. The summed E-state index contributed by atoms with van der Waals surface area (Å²) in [5.41, 5.74) is 1.43. The second kappa shape index (κ2) is 13.4. The monoisotopic (exact) mass is 402 g/mol. The molecule has 0 aliphatic rings. The Morgan fingerprint density at radius 3 is 2.34 bits per heavy atom. The zero-order chi connectivity index (χ0) is 20.7. The number of carbonyl (C=O) groups excluding carboxylic acids is 1. The van der Waals surface area contributed by atoms with E-state index in [1.165, 1.54) is 0 Å². The van der Waals surface area contributed by atoms with E-state index in [0.717, 1.165) is 5.69 Å². The number of hydrogen-bond donors (Lipinski definition) is 2. The summed E-state index contributed by atoms with van der Waals surface area (Å²) >= 11 is 0. The van der Waals surface area contributed by atoms with Crippen LogP contribution in [0.15, 0.2) is 48.5 Å². The van der Waals surface area contributed by atoms with Gasteiger partial charge < -0.3 is 29.6 Å². The van der Waals surface area contributed by atoms with Crippen molar-refractivity contribution in [1.29, 1.82) is 0 Å². The van der Waals surface area contributed by atoms with Crippen LogP contribution in [0.3, 0.4) is 0 Å². The molecule has 2 rings (SSSR count). The van der Waals surface area contributed by atoms with Crippen molar-refractivity contribution >= 4 is 17.3 Å². The number of nitrogens with one attached hydrogen (secondary N) is 2. The molecule has 0 aliphatic carbocycles. The van der Waals surface area contributed by atoms with E-state index in [0.29, 0.717) is 56.8 Å². The molecule has 0 aliphatic heterocycles. The van der Waals surface area contributed by atoms with Gasteiger partial charge in [0.15, 0.2) is 0 Å². The van der Waals surface area contributed by atoms with Gasteiger partial charge in [0.1, 0.15) is 24.7 Å². The van der Waals surface area contributed by atoms with Gasteiger partial charge in [-0.05, 0) is 38.1 Å². The molecule has 2 aromatic carbocycles. The lowest BCUT2D eigenvalue weighted by atomic mass is 10.3. The van der Waals surface area contributed by atoms with E-state index >= 15 is 0 Å². The third-order valence-electron chi connectivity index (χ3n) is 3.83. The van der Waals surface area contributed by atoms with Crippen LogP contribution in [0.5, 0.6) is 11.5 Å². The van der Waals surface area contributed by atoms with Gasteiger partial charge in [0, 0.05) is 25.0 Å². The molecule has 29 heavy (non-hydrogen) atoms. The Morgan fingerprint density at radius 1 is 0.862 bits per heavy atom. The van der Waals surface area contributed by atoms with Crippen molar-refractivity contribution in [1.82, 2.24) is 0 Å². The molecule has 0 unspecified atom stereocenters. The van der Waals surface area contributed by atoms with Gasteiger partial charge in [-0.15, -0.1) is 0 Å². The van der Waals surface area contributed by atoms with Crippen LogP contribution in [-0.4, -0.2) is 52.1 Å². The number of para-hydroxylation sites is 2. The Hall–Kier alpha value is -2.77. The molecular weight excluding hydrogens is 372 g/mol. The minimum Gasteiger partial charge on any atom is -0.491 e.